The van der Waals surface area contributed by atoms with Crippen LogP contribution in [0.1, 0.15) is 19.4 Å². The second-order valence-electron chi connectivity index (χ2n) is 4.84. The molecule has 1 aliphatic heterocycles. The summed E-state index contributed by atoms with van der Waals surface area (Å²) in [6.45, 7) is 2.75. The second-order valence-corrected chi connectivity index (χ2v) is 4.84. The fourth-order valence-corrected chi connectivity index (χ4v) is 2.54. The predicted octanol–water partition coefficient (Wildman–Crippen LogP) is 1.28. The number of anilines is 1. The maximum absolute atomic E-state index is 5.86. The highest BCUT2D eigenvalue weighted by Gasteiger charge is 2.30. The highest BCUT2D eigenvalue weighted by molar-refractivity contribution is 5.68. The quantitative estimate of drug-likeness (QED) is 0.849. The largest absolute Gasteiger partial charge is 0.496 e. The van der Waals surface area contributed by atoms with Gasteiger partial charge in [-0.2, -0.15) is 0 Å². The van der Waals surface area contributed by atoms with Crippen molar-refractivity contribution in [1.82, 2.24) is 20.2 Å². The van der Waals surface area contributed by atoms with Gasteiger partial charge >= 0.3 is 0 Å². The van der Waals surface area contributed by atoms with Gasteiger partial charge in [0.25, 0.3) is 0 Å². The van der Waals surface area contributed by atoms with E-state index in [4.69, 9.17) is 15.2 Å². The summed E-state index contributed by atoms with van der Waals surface area (Å²) in [5.41, 5.74) is 7.29. The number of hydrogen-bond acceptors (Lipinski definition) is 6. The zero-order valence-corrected chi connectivity index (χ0v) is 11.5. The van der Waals surface area contributed by atoms with Crippen LogP contribution in [0.3, 0.4) is 0 Å². The van der Waals surface area contributed by atoms with Crippen LogP contribution >= 0.6 is 0 Å². The molecule has 2 N–H and O–H groups in total. The number of rotatable bonds is 3. The average molecular weight is 275 g/mol. The topological polar surface area (TPSA) is 88.1 Å². The molecule has 2 aromatic rings. The van der Waals surface area contributed by atoms with E-state index >= 15 is 0 Å². The van der Waals surface area contributed by atoms with Crippen LogP contribution < -0.4 is 10.5 Å². The lowest BCUT2D eigenvalue weighted by atomic mass is 10.1. The van der Waals surface area contributed by atoms with E-state index in [-0.39, 0.29) is 12.1 Å². The number of tetrazole rings is 1. The van der Waals surface area contributed by atoms with E-state index in [0.29, 0.717) is 17.3 Å². The molecule has 0 bridgehead atoms. The Labute approximate surface area is 116 Å². The summed E-state index contributed by atoms with van der Waals surface area (Å²) in [5, 5.41) is 12.0. The number of hydrogen-bond donors (Lipinski definition) is 1. The van der Waals surface area contributed by atoms with Crippen LogP contribution in [0.2, 0.25) is 0 Å². The van der Waals surface area contributed by atoms with E-state index in [1.807, 2.05) is 19.1 Å². The summed E-state index contributed by atoms with van der Waals surface area (Å²) >= 11 is 0. The lowest BCUT2D eigenvalue weighted by Crippen LogP contribution is -2.19. The fraction of sp³-hybridized carbons (Fsp3) is 0.462. The van der Waals surface area contributed by atoms with Gasteiger partial charge in [-0.05, 0) is 42.0 Å². The van der Waals surface area contributed by atoms with E-state index in [2.05, 4.69) is 15.5 Å². The van der Waals surface area contributed by atoms with Crippen molar-refractivity contribution in [2.24, 2.45) is 0 Å². The lowest BCUT2D eigenvalue weighted by molar-refractivity contribution is 0.105. The lowest BCUT2D eigenvalue weighted by Gasteiger charge is -2.16. The van der Waals surface area contributed by atoms with Crippen LogP contribution in [-0.2, 0) is 4.74 Å². The van der Waals surface area contributed by atoms with Crippen LogP contribution in [0.4, 0.5) is 5.69 Å². The van der Waals surface area contributed by atoms with E-state index in [1.54, 1.807) is 17.9 Å². The summed E-state index contributed by atoms with van der Waals surface area (Å²) in [6, 6.07) is 5.56. The normalized spacial score (nSPS) is 22.1. The zero-order valence-electron chi connectivity index (χ0n) is 11.5. The molecular formula is C13H17N5O2. The van der Waals surface area contributed by atoms with Gasteiger partial charge in [-0.15, -0.1) is 5.10 Å². The summed E-state index contributed by atoms with van der Waals surface area (Å²) in [7, 11) is 1.62. The molecule has 1 aliphatic rings. The molecule has 2 unspecified atom stereocenters. The molecule has 3 rings (SSSR count). The van der Waals surface area contributed by atoms with Gasteiger partial charge in [0.1, 0.15) is 5.75 Å². The molecule has 0 aliphatic carbocycles. The molecule has 1 saturated heterocycles. The minimum Gasteiger partial charge on any atom is -0.496 e. The Morgan fingerprint density at radius 1 is 1.45 bits per heavy atom. The van der Waals surface area contributed by atoms with Crippen molar-refractivity contribution in [3.63, 3.8) is 0 Å². The number of methoxy groups -OCH3 is 1. The van der Waals surface area contributed by atoms with Crippen LogP contribution in [0.5, 0.6) is 5.75 Å². The Morgan fingerprint density at radius 3 is 3.00 bits per heavy atom. The standard InChI is InChI=1S/C13H17N5O2/c1-8-11(5-6-20-8)18-13(15-16-17-18)10-7-9(14)3-4-12(10)19-2/h3-4,7-8,11H,5-6,14H2,1-2H3. The van der Waals surface area contributed by atoms with E-state index in [0.717, 1.165) is 18.6 Å². The number of aromatic nitrogens is 4. The van der Waals surface area contributed by atoms with E-state index in [1.165, 1.54) is 0 Å². The molecule has 0 amide bonds. The van der Waals surface area contributed by atoms with Gasteiger partial charge in [-0.25, -0.2) is 4.68 Å². The summed E-state index contributed by atoms with van der Waals surface area (Å²) in [6.07, 6.45) is 0.980. The second kappa shape index (κ2) is 5.09. The molecule has 0 spiro atoms. The molecule has 20 heavy (non-hydrogen) atoms. The van der Waals surface area contributed by atoms with E-state index in [9.17, 15) is 0 Å². The third-order valence-electron chi connectivity index (χ3n) is 3.61. The van der Waals surface area contributed by atoms with Crippen molar-refractivity contribution in [1.29, 1.82) is 0 Å². The summed E-state index contributed by atoms with van der Waals surface area (Å²) < 4.78 is 12.8. The molecule has 106 valence electrons. The highest BCUT2D eigenvalue weighted by atomic mass is 16.5. The monoisotopic (exact) mass is 275 g/mol. The molecule has 2 atom stereocenters. The number of benzene rings is 1. The van der Waals surface area contributed by atoms with Gasteiger partial charge in [0, 0.05) is 12.3 Å². The van der Waals surface area contributed by atoms with Crippen LogP contribution in [0, 0.1) is 0 Å². The van der Waals surface area contributed by atoms with Crippen molar-refractivity contribution in [2.45, 2.75) is 25.5 Å². The Morgan fingerprint density at radius 2 is 2.30 bits per heavy atom. The third kappa shape index (κ3) is 2.09. The number of nitrogen functional groups attached to an aromatic ring is 1. The van der Waals surface area contributed by atoms with E-state index < -0.39 is 0 Å². The summed E-state index contributed by atoms with van der Waals surface area (Å²) in [5.74, 6) is 1.35. The van der Waals surface area contributed by atoms with Gasteiger partial charge in [0.15, 0.2) is 5.82 Å². The molecule has 2 heterocycles. The van der Waals surface area contributed by atoms with Crippen LogP contribution in [0.25, 0.3) is 11.4 Å². The maximum atomic E-state index is 5.86. The molecule has 7 nitrogen and oxygen atoms in total. The van der Waals surface area contributed by atoms with Crippen LogP contribution in [-0.4, -0.2) is 40.0 Å². The Balaban J connectivity index is 2.07. The van der Waals surface area contributed by atoms with Crippen molar-refractivity contribution >= 4 is 5.69 Å². The number of ether oxygens (including phenoxy) is 2. The summed E-state index contributed by atoms with van der Waals surface area (Å²) in [4.78, 5) is 0. The SMILES string of the molecule is COc1ccc(N)cc1-c1nnnn1C1CCOC1C. The Kier molecular flexibility index (Phi) is 3.27. The Bertz CT molecular complexity index is 613. The fourth-order valence-electron chi connectivity index (χ4n) is 2.54. The van der Waals surface area contributed by atoms with Gasteiger partial charge in [-0.3, -0.25) is 0 Å². The first-order valence-corrected chi connectivity index (χ1v) is 6.54. The first-order valence-electron chi connectivity index (χ1n) is 6.54. The Hall–Kier alpha value is -2.15. The minimum absolute atomic E-state index is 0.0873. The minimum atomic E-state index is 0.0873. The molecule has 1 fully saturated rings. The van der Waals surface area contributed by atoms with Crippen molar-refractivity contribution in [2.75, 3.05) is 19.5 Å². The first kappa shape index (κ1) is 12.9. The van der Waals surface area contributed by atoms with Gasteiger partial charge < -0.3 is 15.2 Å². The van der Waals surface area contributed by atoms with Gasteiger partial charge in [0.05, 0.1) is 24.8 Å². The molecular weight excluding hydrogens is 258 g/mol. The predicted molar refractivity (Wildman–Crippen MR) is 73.3 cm³/mol. The molecule has 7 heteroatoms. The van der Waals surface area contributed by atoms with Gasteiger partial charge in [0.2, 0.25) is 0 Å². The van der Waals surface area contributed by atoms with Gasteiger partial charge in [-0.1, -0.05) is 0 Å². The van der Waals surface area contributed by atoms with Crippen molar-refractivity contribution < 1.29 is 9.47 Å². The first-order chi connectivity index (χ1) is 9.70. The van der Waals surface area contributed by atoms with Crippen LogP contribution in [0.15, 0.2) is 18.2 Å². The molecule has 1 aromatic heterocycles. The maximum Gasteiger partial charge on any atom is 0.186 e. The van der Waals surface area contributed by atoms with Crippen molar-refractivity contribution in [3.8, 4) is 17.1 Å². The highest BCUT2D eigenvalue weighted by Crippen LogP contribution is 2.34. The average Bonchev–Trinajstić information content (AvgIpc) is 3.06. The van der Waals surface area contributed by atoms with Crippen molar-refractivity contribution in [3.05, 3.63) is 18.2 Å². The number of nitrogens with zero attached hydrogens (tertiary/aromatic N) is 4. The number of nitrogens with two attached hydrogens (primary N) is 1. The zero-order chi connectivity index (χ0) is 14.1. The molecule has 0 radical (unpaired) electrons. The molecule has 1 aromatic carbocycles. The smallest absolute Gasteiger partial charge is 0.186 e. The third-order valence-corrected chi connectivity index (χ3v) is 3.61. The molecule has 0 saturated carbocycles.